The van der Waals surface area contributed by atoms with Crippen LogP contribution in [-0.2, 0) is 6.42 Å². The fourth-order valence-corrected chi connectivity index (χ4v) is 2.62. The molecule has 0 spiro atoms. The number of para-hydroxylation sites is 1. The predicted molar refractivity (Wildman–Crippen MR) is 96.4 cm³/mol. The minimum atomic E-state index is -0.926. The molecule has 0 aromatic heterocycles. The Balaban J connectivity index is 1.79. The van der Waals surface area contributed by atoms with Gasteiger partial charge in [-0.3, -0.25) is 5.73 Å². The molecule has 3 rings (SSSR count). The fourth-order valence-electron chi connectivity index (χ4n) is 2.48. The minimum Gasteiger partial charge on any atom is -0.340 e. The van der Waals surface area contributed by atoms with Gasteiger partial charge in [0.05, 0.1) is 5.03 Å². The molecule has 1 atom stereocenters. The summed E-state index contributed by atoms with van der Waals surface area (Å²) in [5, 5.41) is 7.03. The van der Waals surface area contributed by atoms with Gasteiger partial charge < -0.3 is 10.6 Å². The number of nitrogens with two attached hydrogens (primary N) is 1. The summed E-state index contributed by atoms with van der Waals surface area (Å²) in [6.07, 6.45) is 2.16. The number of aliphatic imine (C=N–C) groups is 1. The summed E-state index contributed by atoms with van der Waals surface area (Å²) in [7, 11) is 0. The Labute approximate surface area is 141 Å². The molecule has 1 heterocycles. The Morgan fingerprint density at radius 2 is 1.83 bits per heavy atom. The van der Waals surface area contributed by atoms with Gasteiger partial charge >= 0.3 is 0 Å². The Bertz CT molecular complexity index is 755. The molecule has 0 amide bonds. The first-order chi connectivity index (χ1) is 11.1. The third-order valence-electron chi connectivity index (χ3n) is 3.71. The van der Waals surface area contributed by atoms with E-state index in [-0.39, 0.29) is 0 Å². The molecule has 0 radical (unpaired) electrons. The first-order valence-electron chi connectivity index (χ1n) is 7.44. The number of rotatable bonds is 4. The molecule has 4 N–H and O–H groups in total. The van der Waals surface area contributed by atoms with E-state index in [1.807, 2.05) is 61.5 Å². The van der Waals surface area contributed by atoms with Crippen LogP contribution < -0.4 is 16.4 Å². The van der Waals surface area contributed by atoms with E-state index in [1.54, 1.807) is 6.21 Å². The van der Waals surface area contributed by atoms with E-state index in [0.717, 1.165) is 16.8 Å². The zero-order valence-electron chi connectivity index (χ0n) is 12.9. The summed E-state index contributed by atoms with van der Waals surface area (Å²) < 4.78 is 0. The summed E-state index contributed by atoms with van der Waals surface area (Å²) in [5.74, 6) is -0.264. The summed E-state index contributed by atoms with van der Waals surface area (Å²) in [6, 6.07) is 18.0. The van der Waals surface area contributed by atoms with Crippen LogP contribution in [0, 0.1) is 6.92 Å². The SMILES string of the molecule is Cc1ccccc1NC1=C(Cl)C=NC(N)(Cc2ccccc2)N1. The van der Waals surface area contributed by atoms with Crippen molar-refractivity contribution in [1.29, 1.82) is 0 Å². The normalized spacial score (nSPS) is 20.3. The number of benzene rings is 2. The van der Waals surface area contributed by atoms with E-state index in [4.69, 9.17) is 17.3 Å². The van der Waals surface area contributed by atoms with Gasteiger partial charge in [0.15, 0.2) is 5.79 Å². The van der Waals surface area contributed by atoms with E-state index >= 15 is 0 Å². The lowest BCUT2D eigenvalue weighted by Gasteiger charge is -2.32. The lowest BCUT2D eigenvalue weighted by atomic mass is 10.1. The molecule has 0 aliphatic carbocycles. The molecule has 0 saturated heterocycles. The van der Waals surface area contributed by atoms with Crippen LogP contribution in [0.15, 0.2) is 70.4 Å². The Kier molecular flexibility index (Phi) is 4.37. The van der Waals surface area contributed by atoms with Crippen LogP contribution in [0.3, 0.4) is 0 Å². The van der Waals surface area contributed by atoms with Crippen molar-refractivity contribution in [1.82, 2.24) is 5.32 Å². The highest BCUT2D eigenvalue weighted by molar-refractivity contribution is 6.40. The van der Waals surface area contributed by atoms with Crippen molar-refractivity contribution in [3.8, 4) is 0 Å². The Morgan fingerprint density at radius 1 is 1.13 bits per heavy atom. The molecule has 0 bridgehead atoms. The second-order valence-corrected chi connectivity index (χ2v) is 6.04. The molecule has 0 saturated carbocycles. The van der Waals surface area contributed by atoms with Crippen molar-refractivity contribution in [2.45, 2.75) is 19.1 Å². The van der Waals surface area contributed by atoms with Gasteiger partial charge in [0.2, 0.25) is 0 Å². The average molecular weight is 327 g/mol. The predicted octanol–water partition coefficient (Wildman–Crippen LogP) is 3.34. The van der Waals surface area contributed by atoms with Gasteiger partial charge in [-0.25, -0.2) is 4.99 Å². The van der Waals surface area contributed by atoms with Crippen LogP contribution in [0.2, 0.25) is 0 Å². The molecule has 2 aromatic rings. The summed E-state index contributed by atoms with van der Waals surface area (Å²) in [5.41, 5.74) is 9.60. The van der Waals surface area contributed by atoms with Crippen LogP contribution >= 0.6 is 11.6 Å². The maximum atomic E-state index is 6.39. The second-order valence-electron chi connectivity index (χ2n) is 5.63. The van der Waals surface area contributed by atoms with Crippen molar-refractivity contribution >= 4 is 23.5 Å². The number of nitrogens with one attached hydrogen (secondary N) is 2. The van der Waals surface area contributed by atoms with E-state index < -0.39 is 5.79 Å². The van der Waals surface area contributed by atoms with Crippen molar-refractivity contribution in [3.63, 3.8) is 0 Å². The molecule has 2 aromatic carbocycles. The zero-order valence-corrected chi connectivity index (χ0v) is 13.6. The maximum absolute atomic E-state index is 6.39. The highest BCUT2D eigenvalue weighted by atomic mass is 35.5. The molecule has 118 valence electrons. The standard InChI is InChI=1S/C18H19ClN4/c1-13-7-5-6-10-16(13)22-17-15(19)12-21-18(20,23-17)11-14-8-3-2-4-9-14/h2-10,12,22-23H,11,20H2,1H3. The number of anilines is 1. The average Bonchev–Trinajstić information content (AvgIpc) is 2.54. The quantitative estimate of drug-likeness (QED) is 0.807. The maximum Gasteiger partial charge on any atom is 0.187 e. The molecular formula is C18H19ClN4. The van der Waals surface area contributed by atoms with E-state index in [2.05, 4.69) is 15.6 Å². The first-order valence-corrected chi connectivity index (χ1v) is 7.82. The van der Waals surface area contributed by atoms with Crippen LogP contribution in [0.4, 0.5) is 5.69 Å². The topological polar surface area (TPSA) is 62.4 Å². The van der Waals surface area contributed by atoms with Gasteiger partial charge in [-0.1, -0.05) is 60.1 Å². The van der Waals surface area contributed by atoms with Crippen LogP contribution in [0.5, 0.6) is 0 Å². The minimum absolute atomic E-state index is 0.502. The van der Waals surface area contributed by atoms with Gasteiger partial charge in [0.1, 0.15) is 5.82 Å². The molecule has 1 aliphatic rings. The van der Waals surface area contributed by atoms with Crippen molar-refractivity contribution in [3.05, 3.63) is 76.6 Å². The number of allylic oxidation sites excluding steroid dienone is 1. The van der Waals surface area contributed by atoms with Crippen molar-refractivity contribution < 1.29 is 0 Å². The van der Waals surface area contributed by atoms with Gasteiger partial charge in [0, 0.05) is 18.3 Å². The Hall–Kier alpha value is -2.30. The fraction of sp³-hybridized carbons (Fsp3) is 0.167. The molecule has 5 heteroatoms. The van der Waals surface area contributed by atoms with Crippen LogP contribution in [0.25, 0.3) is 0 Å². The number of aryl methyl sites for hydroxylation is 1. The highest BCUT2D eigenvalue weighted by Gasteiger charge is 2.28. The second kappa shape index (κ2) is 6.44. The lowest BCUT2D eigenvalue weighted by Crippen LogP contribution is -2.56. The monoisotopic (exact) mass is 326 g/mol. The first kappa shape index (κ1) is 15.6. The largest absolute Gasteiger partial charge is 0.340 e. The zero-order chi connectivity index (χ0) is 16.3. The van der Waals surface area contributed by atoms with E-state index in [9.17, 15) is 0 Å². The van der Waals surface area contributed by atoms with Gasteiger partial charge in [-0.05, 0) is 24.1 Å². The van der Waals surface area contributed by atoms with Crippen LogP contribution in [0.1, 0.15) is 11.1 Å². The number of halogens is 1. The smallest absolute Gasteiger partial charge is 0.187 e. The van der Waals surface area contributed by atoms with Gasteiger partial charge in [-0.2, -0.15) is 0 Å². The molecule has 23 heavy (non-hydrogen) atoms. The molecule has 1 unspecified atom stereocenters. The molecule has 1 aliphatic heterocycles. The highest BCUT2D eigenvalue weighted by Crippen LogP contribution is 2.22. The third kappa shape index (κ3) is 3.73. The number of nitrogens with zero attached hydrogens (tertiary/aromatic N) is 1. The summed E-state index contributed by atoms with van der Waals surface area (Å²) in [4.78, 5) is 4.36. The molecular weight excluding hydrogens is 308 g/mol. The lowest BCUT2D eigenvalue weighted by molar-refractivity contribution is 0.380. The number of hydrogen-bond acceptors (Lipinski definition) is 4. The molecule has 4 nitrogen and oxygen atoms in total. The van der Waals surface area contributed by atoms with Crippen molar-refractivity contribution in [2.75, 3.05) is 5.32 Å². The summed E-state index contributed by atoms with van der Waals surface area (Å²) >= 11 is 6.26. The van der Waals surface area contributed by atoms with E-state index in [1.165, 1.54) is 0 Å². The third-order valence-corrected chi connectivity index (χ3v) is 4.00. The van der Waals surface area contributed by atoms with E-state index in [0.29, 0.717) is 17.3 Å². The van der Waals surface area contributed by atoms with Gasteiger partial charge in [0.25, 0.3) is 0 Å². The van der Waals surface area contributed by atoms with Crippen molar-refractivity contribution in [2.24, 2.45) is 10.7 Å². The van der Waals surface area contributed by atoms with Gasteiger partial charge in [-0.15, -0.1) is 0 Å². The Morgan fingerprint density at radius 3 is 2.57 bits per heavy atom. The molecule has 0 fully saturated rings. The van der Waals surface area contributed by atoms with Crippen LogP contribution in [-0.4, -0.2) is 12.0 Å². The number of hydrogen-bond donors (Lipinski definition) is 3. The summed E-state index contributed by atoms with van der Waals surface area (Å²) in [6.45, 7) is 2.04.